The van der Waals surface area contributed by atoms with Gasteiger partial charge in [0.05, 0.1) is 27.7 Å². The number of hydrogen-bond acceptors (Lipinski definition) is 6. The number of thiophene rings is 1. The smallest absolute Gasteiger partial charge is 0.242 e. The summed E-state index contributed by atoms with van der Waals surface area (Å²) in [7, 11) is 0. The lowest BCUT2D eigenvalue weighted by Gasteiger charge is -2.12. The Morgan fingerprint density at radius 2 is 1.73 bits per heavy atom. The Kier molecular flexibility index (Phi) is 9.29. The average Bonchev–Trinajstić information content (AvgIpc) is 3.42. The van der Waals surface area contributed by atoms with Gasteiger partial charge in [-0.3, -0.25) is 9.48 Å². The second kappa shape index (κ2) is 11.7. The van der Waals surface area contributed by atoms with Crippen LogP contribution >= 0.6 is 11.3 Å². The molecule has 0 N–H and O–H groups in total. The SMILES string of the molecule is C.CC(C)Oc1nc2ccccc2nc1-c1cccs1.CCn1nc(C)cc1C(=O)C(C)C. The average molecular weight is 467 g/mol. The highest BCUT2D eigenvalue weighted by Crippen LogP contribution is 2.32. The third-order valence-electron chi connectivity index (χ3n) is 4.62. The minimum atomic E-state index is 0. The molecule has 6 nitrogen and oxygen atoms in total. The van der Waals surface area contributed by atoms with Gasteiger partial charge in [-0.2, -0.15) is 5.10 Å². The molecule has 0 atom stereocenters. The molecule has 0 spiro atoms. The molecule has 0 fully saturated rings. The highest BCUT2D eigenvalue weighted by atomic mass is 32.1. The maximum atomic E-state index is 11.7. The summed E-state index contributed by atoms with van der Waals surface area (Å²) in [4.78, 5) is 22.0. The first kappa shape index (κ1) is 26.2. The number of nitrogens with zero attached hydrogens (tertiary/aromatic N) is 4. The molecule has 0 aliphatic heterocycles. The Morgan fingerprint density at radius 3 is 2.27 bits per heavy atom. The van der Waals surface area contributed by atoms with Crippen LogP contribution in [0.2, 0.25) is 0 Å². The summed E-state index contributed by atoms with van der Waals surface area (Å²) < 4.78 is 7.57. The summed E-state index contributed by atoms with van der Waals surface area (Å²) >= 11 is 1.64. The van der Waals surface area contributed by atoms with Gasteiger partial charge in [-0.05, 0) is 57.3 Å². The lowest BCUT2D eigenvalue weighted by atomic mass is 10.1. The summed E-state index contributed by atoms with van der Waals surface area (Å²) in [5.41, 5.74) is 4.21. The summed E-state index contributed by atoms with van der Waals surface area (Å²) in [5.74, 6) is 0.819. The molecule has 0 amide bonds. The zero-order chi connectivity index (χ0) is 23.3. The van der Waals surface area contributed by atoms with Crippen LogP contribution in [0.15, 0.2) is 47.8 Å². The fourth-order valence-corrected chi connectivity index (χ4v) is 3.85. The van der Waals surface area contributed by atoms with Crippen LogP contribution in [0.4, 0.5) is 0 Å². The second-order valence-electron chi connectivity index (χ2n) is 8.02. The molecule has 176 valence electrons. The van der Waals surface area contributed by atoms with Crippen LogP contribution < -0.4 is 4.74 Å². The number of hydrogen-bond donors (Lipinski definition) is 0. The number of carbonyl (C=O) groups excluding carboxylic acids is 1. The fourth-order valence-electron chi connectivity index (χ4n) is 3.14. The predicted molar refractivity (Wildman–Crippen MR) is 137 cm³/mol. The number of para-hydroxylation sites is 2. The Bertz CT molecular complexity index is 1180. The van der Waals surface area contributed by atoms with Crippen LogP contribution in [0.3, 0.4) is 0 Å². The number of ether oxygens (including phenoxy) is 1. The maximum absolute atomic E-state index is 11.7. The zero-order valence-electron chi connectivity index (χ0n) is 19.5. The lowest BCUT2D eigenvalue weighted by molar-refractivity contribution is 0.0928. The van der Waals surface area contributed by atoms with Crippen molar-refractivity contribution in [1.29, 1.82) is 0 Å². The molecule has 3 heterocycles. The van der Waals surface area contributed by atoms with Crippen molar-refractivity contribution >= 4 is 28.2 Å². The molecule has 0 saturated heterocycles. The molecular formula is C26H34N4O2S. The number of aromatic nitrogens is 4. The third-order valence-corrected chi connectivity index (χ3v) is 5.50. The number of aryl methyl sites for hydroxylation is 2. The highest BCUT2D eigenvalue weighted by Gasteiger charge is 2.16. The molecule has 0 radical (unpaired) electrons. The van der Waals surface area contributed by atoms with E-state index in [2.05, 4.69) is 10.1 Å². The summed E-state index contributed by atoms with van der Waals surface area (Å²) in [6, 6.07) is 13.8. The number of carbonyl (C=O) groups is 1. The van der Waals surface area contributed by atoms with Crippen molar-refractivity contribution in [3.05, 3.63) is 59.2 Å². The monoisotopic (exact) mass is 466 g/mol. The molecule has 0 aliphatic carbocycles. The van der Waals surface area contributed by atoms with Crippen molar-refractivity contribution in [2.75, 3.05) is 0 Å². The van der Waals surface area contributed by atoms with Crippen molar-refractivity contribution in [3.63, 3.8) is 0 Å². The van der Waals surface area contributed by atoms with E-state index in [4.69, 9.17) is 9.72 Å². The number of rotatable bonds is 6. The van der Waals surface area contributed by atoms with Crippen molar-refractivity contribution in [1.82, 2.24) is 19.7 Å². The number of ketones is 1. The van der Waals surface area contributed by atoms with Crippen molar-refractivity contribution in [2.45, 2.75) is 61.6 Å². The highest BCUT2D eigenvalue weighted by molar-refractivity contribution is 7.13. The van der Waals surface area contributed by atoms with Gasteiger partial charge >= 0.3 is 0 Å². The largest absolute Gasteiger partial charge is 0.473 e. The van der Waals surface area contributed by atoms with Gasteiger partial charge in [0, 0.05) is 12.5 Å². The van der Waals surface area contributed by atoms with E-state index in [0.29, 0.717) is 5.88 Å². The fraction of sp³-hybridized carbons (Fsp3) is 0.385. The molecule has 7 heteroatoms. The van der Waals surface area contributed by atoms with E-state index in [1.54, 1.807) is 16.0 Å². The first-order chi connectivity index (χ1) is 15.3. The van der Waals surface area contributed by atoms with Gasteiger partial charge < -0.3 is 4.74 Å². The van der Waals surface area contributed by atoms with Crippen LogP contribution in [0.5, 0.6) is 5.88 Å². The van der Waals surface area contributed by atoms with Crippen LogP contribution in [0.25, 0.3) is 21.6 Å². The molecule has 0 unspecified atom stereocenters. The molecule has 0 aliphatic rings. The maximum Gasteiger partial charge on any atom is 0.242 e. The van der Waals surface area contributed by atoms with E-state index in [-0.39, 0.29) is 25.2 Å². The number of benzene rings is 1. The molecule has 1 aromatic carbocycles. The minimum Gasteiger partial charge on any atom is -0.473 e. The Balaban J connectivity index is 0.000000244. The summed E-state index contributed by atoms with van der Waals surface area (Å²) in [6.45, 7) is 12.5. The van der Waals surface area contributed by atoms with Crippen LogP contribution in [0, 0.1) is 12.8 Å². The predicted octanol–water partition coefficient (Wildman–Crippen LogP) is 6.83. The van der Waals surface area contributed by atoms with Gasteiger partial charge in [-0.25, -0.2) is 9.97 Å². The first-order valence-electron chi connectivity index (χ1n) is 10.9. The number of fused-ring (bicyclic) bond motifs is 1. The quantitative estimate of drug-likeness (QED) is 0.291. The second-order valence-corrected chi connectivity index (χ2v) is 8.96. The van der Waals surface area contributed by atoms with Crippen LogP contribution in [0.1, 0.15) is 58.2 Å². The Hall–Kier alpha value is -3.06. The van der Waals surface area contributed by atoms with Crippen LogP contribution in [-0.2, 0) is 6.54 Å². The summed E-state index contributed by atoms with van der Waals surface area (Å²) in [6.07, 6.45) is 0.0779. The zero-order valence-corrected chi connectivity index (χ0v) is 20.3. The van der Waals surface area contributed by atoms with Gasteiger partial charge in [0.1, 0.15) is 11.4 Å². The van der Waals surface area contributed by atoms with Crippen molar-refractivity contribution in [2.24, 2.45) is 5.92 Å². The molecule has 4 aromatic rings. The first-order valence-corrected chi connectivity index (χ1v) is 11.7. The Morgan fingerprint density at radius 1 is 1.06 bits per heavy atom. The minimum absolute atomic E-state index is 0. The molecular weight excluding hydrogens is 432 g/mol. The van der Waals surface area contributed by atoms with Gasteiger partial charge in [0.2, 0.25) is 5.88 Å². The van der Waals surface area contributed by atoms with Crippen molar-refractivity contribution < 1.29 is 9.53 Å². The molecule has 4 rings (SSSR count). The van der Waals surface area contributed by atoms with E-state index >= 15 is 0 Å². The van der Waals surface area contributed by atoms with Gasteiger partial charge in [0.15, 0.2) is 5.78 Å². The third kappa shape index (κ3) is 6.48. The summed E-state index contributed by atoms with van der Waals surface area (Å²) in [5, 5.41) is 6.26. The molecule has 3 aromatic heterocycles. The number of Topliss-reactive ketones (excluding diaryl/α,β-unsaturated/α-hetero) is 1. The standard InChI is InChI=1S/C15H14N2OS.C10H16N2O.CH4/c1-10(2)18-15-14(13-8-5-9-19-13)16-11-6-3-4-7-12(11)17-15;1-5-12-9(6-8(4)11-12)10(13)7(2)3;/h3-10H,1-2H3;6-7H,5H2,1-4H3;1H4. The molecule has 0 bridgehead atoms. The Labute approximate surface area is 200 Å². The van der Waals surface area contributed by atoms with Crippen molar-refractivity contribution in [3.8, 4) is 16.5 Å². The van der Waals surface area contributed by atoms with Gasteiger partial charge in [-0.15, -0.1) is 11.3 Å². The normalized spacial score (nSPS) is 10.7. The van der Waals surface area contributed by atoms with Gasteiger partial charge in [0.25, 0.3) is 0 Å². The van der Waals surface area contributed by atoms with E-state index in [1.165, 1.54) is 0 Å². The topological polar surface area (TPSA) is 69.9 Å². The van der Waals surface area contributed by atoms with E-state index < -0.39 is 0 Å². The van der Waals surface area contributed by atoms with E-state index in [9.17, 15) is 4.79 Å². The lowest BCUT2D eigenvalue weighted by Crippen LogP contribution is -2.14. The van der Waals surface area contributed by atoms with Gasteiger partial charge in [-0.1, -0.05) is 39.5 Å². The van der Waals surface area contributed by atoms with E-state index in [1.807, 2.05) is 89.4 Å². The molecule has 33 heavy (non-hydrogen) atoms. The van der Waals surface area contributed by atoms with Crippen LogP contribution in [-0.4, -0.2) is 31.6 Å². The molecule has 0 saturated carbocycles. The van der Waals surface area contributed by atoms with E-state index in [0.717, 1.165) is 39.5 Å².